The SMILES string of the molecule is C/C=C/C(=O)OCC1=C(C(=O)OC(c2ccccc2)c2ccccc2)N2C(=O)[C@@H](NC(=O)Cc3cccs3)[C@H]2SC1. The van der Waals surface area contributed by atoms with Crippen LogP contribution >= 0.6 is 23.1 Å². The molecule has 8 nitrogen and oxygen atoms in total. The predicted octanol–water partition coefficient (Wildman–Crippen LogP) is 4.40. The Labute approximate surface area is 246 Å². The number of allylic oxidation sites excluding steroid dienone is 1. The second kappa shape index (κ2) is 13.0. The number of hydrogen-bond acceptors (Lipinski definition) is 8. The number of benzene rings is 2. The molecule has 0 bridgehead atoms. The summed E-state index contributed by atoms with van der Waals surface area (Å²) >= 11 is 2.87. The largest absolute Gasteiger partial charge is 0.458 e. The highest BCUT2D eigenvalue weighted by molar-refractivity contribution is 8.00. The summed E-state index contributed by atoms with van der Waals surface area (Å²) in [7, 11) is 0. The van der Waals surface area contributed by atoms with Crippen LogP contribution in [0.25, 0.3) is 0 Å². The molecule has 0 unspecified atom stereocenters. The molecule has 0 saturated carbocycles. The van der Waals surface area contributed by atoms with Crippen LogP contribution < -0.4 is 5.32 Å². The van der Waals surface area contributed by atoms with E-state index in [0.29, 0.717) is 11.3 Å². The van der Waals surface area contributed by atoms with Gasteiger partial charge in [-0.05, 0) is 29.5 Å². The van der Waals surface area contributed by atoms with Crippen LogP contribution in [0.1, 0.15) is 29.0 Å². The first kappa shape index (κ1) is 28.4. The molecule has 10 heteroatoms. The van der Waals surface area contributed by atoms with E-state index in [1.807, 2.05) is 78.2 Å². The number of ether oxygens (including phenoxy) is 2. The lowest BCUT2D eigenvalue weighted by molar-refractivity contribution is -0.155. The Morgan fingerprint density at radius 2 is 1.71 bits per heavy atom. The number of thioether (sulfide) groups is 1. The van der Waals surface area contributed by atoms with E-state index in [2.05, 4.69) is 5.32 Å². The quantitative estimate of drug-likeness (QED) is 0.213. The Morgan fingerprint density at radius 1 is 1.02 bits per heavy atom. The van der Waals surface area contributed by atoms with Gasteiger partial charge < -0.3 is 14.8 Å². The van der Waals surface area contributed by atoms with Crippen LogP contribution in [0, 0.1) is 0 Å². The average molecular weight is 589 g/mol. The Bertz CT molecular complexity index is 1430. The van der Waals surface area contributed by atoms with Gasteiger partial charge in [0.1, 0.15) is 23.7 Å². The fourth-order valence-electron chi connectivity index (χ4n) is 4.67. The molecule has 0 aliphatic carbocycles. The number of nitrogens with one attached hydrogen (secondary N) is 1. The summed E-state index contributed by atoms with van der Waals surface area (Å²) in [6.07, 6.45) is 2.29. The molecule has 2 aliphatic heterocycles. The Hall–Kier alpha value is -4.15. The van der Waals surface area contributed by atoms with Gasteiger partial charge in [-0.1, -0.05) is 72.8 Å². The number of amides is 2. The van der Waals surface area contributed by atoms with Crippen molar-refractivity contribution >= 4 is 46.9 Å². The summed E-state index contributed by atoms with van der Waals surface area (Å²) in [5.74, 6) is -1.62. The molecule has 41 heavy (non-hydrogen) atoms. The van der Waals surface area contributed by atoms with Gasteiger partial charge >= 0.3 is 11.9 Å². The van der Waals surface area contributed by atoms with Crippen LogP contribution in [0.2, 0.25) is 0 Å². The highest BCUT2D eigenvalue weighted by Gasteiger charge is 2.54. The normalized spacial score (nSPS) is 18.2. The van der Waals surface area contributed by atoms with Crippen molar-refractivity contribution in [2.24, 2.45) is 0 Å². The number of rotatable bonds is 10. The number of carbonyl (C=O) groups excluding carboxylic acids is 4. The van der Waals surface area contributed by atoms with Gasteiger partial charge in [-0.25, -0.2) is 9.59 Å². The van der Waals surface area contributed by atoms with Gasteiger partial charge in [-0.15, -0.1) is 23.1 Å². The van der Waals surface area contributed by atoms with Gasteiger partial charge in [0.25, 0.3) is 5.91 Å². The van der Waals surface area contributed by atoms with E-state index in [4.69, 9.17) is 9.47 Å². The lowest BCUT2D eigenvalue weighted by Gasteiger charge is -2.49. The molecular formula is C31H28N2O6S2. The zero-order chi connectivity index (χ0) is 28.8. The number of fused-ring (bicyclic) bond motifs is 1. The van der Waals surface area contributed by atoms with Crippen molar-refractivity contribution in [1.29, 1.82) is 0 Å². The molecule has 0 radical (unpaired) electrons. The first-order chi connectivity index (χ1) is 20.0. The third-order valence-electron chi connectivity index (χ3n) is 6.59. The number of esters is 2. The Kier molecular flexibility index (Phi) is 9.01. The Morgan fingerprint density at radius 3 is 2.32 bits per heavy atom. The van der Waals surface area contributed by atoms with Gasteiger partial charge in [0, 0.05) is 22.3 Å². The third-order valence-corrected chi connectivity index (χ3v) is 8.81. The molecule has 210 valence electrons. The van der Waals surface area contributed by atoms with Gasteiger partial charge in [0.05, 0.1) is 6.42 Å². The highest BCUT2D eigenvalue weighted by Crippen LogP contribution is 2.41. The fraction of sp³-hybridized carbons (Fsp3) is 0.226. The smallest absolute Gasteiger partial charge is 0.356 e. The zero-order valence-electron chi connectivity index (χ0n) is 22.2. The third kappa shape index (κ3) is 6.44. The summed E-state index contributed by atoms with van der Waals surface area (Å²) in [5, 5.41) is 4.23. The van der Waals surface area contributed by atoms with Gasteiger partial charge in [0.15, 0.2) is 6.10 Å². The van der Waals surface area contributed by atoms with Crippen molar-refractivity contribution in [3.63, 3.8) is 0 Å². The van der Waals surface area contributed by atoms with Crippen molar-refractivity contribution in [2.75, 3.05) is 12.4 Å². The minimum Gasteiger partial charge on any atom is -0.458 e. The molecule has 2 aromatic carbocycles. The van der Waals surface area contributed by atoms with Crippen LogP contribution in [0.3, 0.4) is 0 Å². The van der Waals surface area contributed by atoms with E-state index in [0.717, 1.165) is 16.0 Å². The van der Waals surface area contributed by atoms with Gasteiger partial charge in [-0.3, -0.25) is 14.5 Å². The molecule has 3 aromatic rings. The molecular weight excluding hydrogens is 560 g/mol. The maximum Gasteiger partial charge on any atom is 0.356 e. The molecule has 1 aromatic heterocycles. The monoisotopic (exact) mass is 588 g/mol. The fourth-order valence-corrected chi connectivity index (χ4v) is 6.70. The van der Waals surface area contributed by atoms with Gasteiger partial charge in [-0.2, -0.15) is 0 Å². The molecule has 0 spiro atoms. The molecule has 2 amide bonds. The van der Waals surface area contributed by atoms with Gasteiger partial charge in [0.2, 0.25) is 5.91 Å². The molecule has 1 N–H and O–H groups in total. The lowest BCUT2D eigenvalue weighted by atomic mass is 10.0. The van der Waals surface area contributed by atoms with E-state index in [-0.39, 0.29) is 24.6 Å². The summed E-state index contributed by atoms with van der Waals surface area (Å²) in [6, 6.07) is 21.6. The molecule has 2 atom stereocenters. The van der Waals surface area contributed by atoms with Crippen LogP contribution in [0.4, 0.5) is 0 Å². The maximum atomic E-state index is 13.9. The number of nitrogens with zero attached hydrogens (tertiary/aromatic N) is 1. The molecule has 2 aliphatic rings. The van der Waals surface area contributed by atoms with Crippen molar-refractivity contribution < 1.29 is 28.7 Å². The van der Waals surface area contributed by atoms with Crippen LogP contribution in [0.5, 0.6) is 0 Å². The summed E-state index contributed by atoms with van der Waals surface area (Å²) in [6.45, 7) is 1.52. The number of thiophene rings is 1. The second-order valence-corrected chi connectivity index (χ2v) is 11.5. The summed E-state index contributed by atoms with van der Waals surface area (Å²) in [5.41, 5.74) is 2.05. The molecule has 3 heterocycles. The van der Waals surface area contributed by atoms with Crippen molar-refractivity contribution in [3.8, 4) is 0 Å². The highest BCUT2D eigenvalue weighted by atomic mass is 32.2. The number of hydrogen-bond donors (Lipinski definition) is 1. The van der Waals surface area contributed by atoms with Crippen molar-refractivity contribution in [3.05, 3.63) is 118 Å². The van der Waals surface area contributed by atoms with E-state index < -0.39 is 35.4 Å². The van der Waals surface area contributed by atoms with Crippen molar-refractivity contribution in [2.45, 2.75) is 30.9 Å². The second-order valence-electron chi connectivity index (χ2n) is 9.38. The van der Waals surface area contributed by atoms with Crippen LogP contribution in [0.15, 0.2) is 102 Å². The topological polar surface area (TPSA) is 102 Å². The molecule has 1 saturated heterocycles. The van der Waals surface area contributed by atoms with E-state index in [1.165, 1.54) is 34.1 Å². The molecule has 5 rings (SSSR count). The summed E-state index contributed by atoms with van der Waals surface area (Å²) < 4.78 is 11.5. The minimum atomic E-state index is -0.776. The standard InChI is InChI=1S/C31H28N2O6S2/c1-2-10-25(35)38-18-22-19-41-30-26(32-24(34)17-23-15-9-16-40-23)29(36)33(30)27(22)31(37)39-28(20-11-5-3-6-12-20)21-13-7-4-8-14-21/h2-16,26,28,30H,17-19H2,1H3,(H,32,34)/b10-2+/t26-,30-/m1/s1. The van der Waals surface area contributed by atoms with E-state index in [9.17, 15) is 19.2 Å². The minimum absolute atomic E-state index is 0.0487. The number of β-lactam (4-membered cyclic amide) rings is 1. The van der Waals surface area contributed by atoms with E-state index in [1.54, 1.807) is 13.0 Å². The maximum absolute atomic E-state index is 13.9. The number of carbonyl (C=O) groups is 4. The Balaban J connectivity index is 1.41. The zero-order valence-corrected chi connectivity index (χ0v) is 23.9. The van der Waals surface area contributed by atoms with E-state index >= 15 is 0 Å². The van der Waals surface area contributed by atoms with Crippen LogP contribution in [-0.4, -0.2) is 52.4 Å². The predicted molar refractivity (Wildman–Crippen MR) is 157 cm³/mol. The molecule has 1 fully saturated rings. The first-order valence-electron chi connectivity index (χ1n) is 13.0. The van der Waals surface area contributed by atoms with Crippen LogP contribution in [-0.2, 0) is 35.1 Å². The first-order valence-corrected chi connectivity index (χ1v) is 15.0. The summed E-state index contributed by atoms with van der Waals surface area (Å²) in [4.78, 5) is 54.3. The van der Waals surface area contributed by atoms with Crippen molar-refractivity contribution in [1.82, 2.24) is 10.2 Å². The lowest BCUT2D eigenvalue weighted by Crippen LogP contribution is -2.70. The average Bonchev–Trinajstić information content (AvgIpc) is 3.51.